The monoisotopic (exact) mass is 181 g/mol. The fourth-order valence-corrected chi connectivity index (χ4v) is 1.40. The Morgan fingerprint density at radius 2 is 2.38 bits per heavy atom. The highest BCUT2D eigenvalue weighted by atomic mass is 16.5. The third-order valence-corrected chi connectivity index (χ3v) is 2.21. The van der Waals surface area contributed by atoms with E-state index < -0.39 is 0 Å². The quantitative estimate of drug-likeness (QED) is 0.638. The lowest BCUT2D eigenvalue weighted by molar-refractivity contribution is -0.123. The fraction of sp³-hybridized carbons (Fsp3) is 0.700. The molecule has 0 bridgehead atoms. The number of rotatable bonds is 3. The van der Waals surface area contributed by atoms with Crippen molar-refractivity contribution in [2.24, 2.45) is 11.7 Å². The Hall–Kier alpha value is -0.850. The molecule has 0 aromatic heterocycles. The lowest BCUT2D eigenvalue weighted by Crippen LogP contribution is -2.33. The van der Waals surface area contributed by atoms with Crippen LogP contribution in [0.25, 0.3) is 0 Å². The summed E-state index contributed by atoms with van der Waals surface area (Å²) in [5.74, 6) is 5.71. The number of hydrogen-bond donors (Lipinski definition) is 1. The van der Waals surface area contributed by atoms with Crippen LogP contribution in [0.4, 0.5) is 0 Å². The minimum Gasteiger partial charge on any atom is -0.379 e. The van der Waals surface area contributed by atoms with Gasteiger partial charge in [-0.15, -0.1) is 11.8 Å². The molecule has 1 rings (SSSR count). The van der Waals surface area contributed by atoms with Gasteiger partial charge in [-0.1, -0.05) is 0 Å². The van der Waals surface area contributed by atoms with E-state index in [1.165, 1.54) is 0 Å². The molecule has 2 atom stereocenters. The predicted octanol–water partition coefficient (Wildman–Crippen LogP) is 0.333. The minimum atomic E-state index is -0.109. The molecule has 1 fully saturated rings. The van der Waals surface area contributed by atoms with E-state index in [9.17, 15) is 4.79 Å². The molecule has 0 aromatic carbocycles. The van der Waals surface area contributed by atoms with E-state index in [1.807, 2.05) is 0 Å². The molecule has 2 unspecified atom stereocenters. The largest absolute Gasteiger partial charge is 0.379 e. The van der Waals surface area contributed by atoms with Crippen molar-refractivity contribution in [1.82, 2.24) is 0 Å². The zero-order valence-corrected chi connectivity index (χ0v) is 7.88. The number of carbonyl (C=O) groups is 1. The number of ether oxygens (including phenoxy) is 1. The van der Waals surface area contributed by atoms with Crippen LogP contribution < -0.4 is 5.73 Å². The van der Waals surface area contributed by atoms with E-state index in [4.69, 9.17) is 10.5 Å². The van der Waals surface area contributed by atoms with Crippen LogP contribution in [0.15, 0.2) is 0 Å². The molecule has 0 radical (unpaired) electrons. The molecule has 2 N–H and O–H groups in total. The van der Waals surface area contributed by atoms with Crippen molar-refractivity contribution in [3.63, 3.8) is 0 Å². The van der Waals surface area contributed by atoms with Crippen LogP contribution in [-0.2, 0) is 9.53 Å². The Morgan fingerprint density at radius 3 is 2.92 bits per heavy atom. The van der Waals surface area contributed by atoms with Crippen molar-refractivity contribution >= 4 is 5.78 Å². The van der Waals surface area contributed by atoms with Gasteiger partial charge in [0.05, 0.1) is 19.1 Å². The molecule has 1 aliphatic rings. The minimum absolute atomic E-state index is 0.0985. The lowest BCUT2D eigenvalue weighted by atomic mass is 9.96. The second-order valence-corrected chi connectivity index (χ2v) is 3.20. The predicted molar refractivity (Wildman–Crippen MR) is 50.0 cm³/mol. The second-order valence-electron chi connectivity index (χ2n) is 3.20. The Labute approximate surface area is 78.6 Å². The Morgan fingerprint density at radius 1 is 1.62 bits per heavy atom. The van der Waals surface area contributed by atoms with Gasteiger partial charge in [0.15, 0.2) is 0 Å². The van der Waals surface area contributed by atoms with Crippen LogP contribution in [-0.4, -0.2) is 25.0 Å². The van der Waals surface area contributed by atoms with E-state index in [0.717, 1.165) is 0 Å². The molecule has 0 aromatic rings. The number of carbonyl (C=O) groups excluding carboxylic acids is 1. The van der Waals surface area contributed by atoms with Gasteiger partial charge in [0, 0.05) is 18.9 Å². The van der Waals surface area contributed by atoms with Gasteiger partial charge in [0.25, 0.3) is 0 Å². The molecule has 0 amide bonds. The van der Waals surface area contributed by atoms with Gasteiger partial charge < -0.3 is 10.5 Å². The molecule has 13 heavy (non-hydrogen) atoms. The summed E-state index contributed by atoms with van der Waals surface area (Å²) in [5, 5.41) is 0. The van der Waals surface area contributed by atoms with Crippen LogP contribution in [0.5, 0.6) is 0 Å². The highest BCUT2D eigenvalue weighted by Gasteiger charge is 2.30. The maximum absolute atomic E-state index is 11.5. The van der Waals surface area contributed by atoms with Gasteiger partial charge in [-0.25, -0.2) is 0 Å². The molecular weight excluding hydrogens is 166 g/mol. The van der Waals surface area contributed by atoms with Crippen LogP contribution >= 0.6 is 0 Å². The third-order valence-electron chi connectivity index (χ3n) is 2.21. The van der Waals surface area contributed by atoms with Gasteiger partial charge in [0.2, 0.25) is 0 Å². The second kappa shape index (κ2) is 5.00. The smallest absolute Gasteiger partial charge is 0.140 e. The zero-order chi connectivity index (χ0) is 9.68. The molecule has 72 valence electrons. The van der Waals surface area contributed by atoms with Crippen LogP contribution in [0.3, 0.4) is 0 Å². The van der Waals surface area contributed by atoms with Gasteiger partial charge in [-0.05, 0) is 6.92 Å². The van der Waals surface area contributed by atoms with Crippen LogP contribution in [0.1, 0.15) is 19.8 Å². The molecule has 3 heteroatoms. The highest BCUT2D eigenvalue weighted by molar-refractivity contribution is 5.82. The van der Waals surface area contributed by atoms with Crippen molar-refractivity contribution in [3.8, 4) is 11.8 Å². The normalized spacial score (nSPS) is 26.6. The summed E-state index contributed by atoms with van der Waals surface area (Å²) >= 11 is 0. The third kappa shape index (κ3) is 2.83. The van der Waals surface area contributed by atoms with Crippen molar-refractivity contribution < 1.29 is 9.53 Å². The summed E-state index contributed by atoms with van der Waals surface area (Å²) in [6.07, 6.45) is 1.14. The first-order valence-corrected chi connectivity index (χ1v) is 4.51. The van der Waals surface area contributed by atoms with Gasteiger partial charge >= 0.3 is 0 Å². The summed E-state index contributed by atoms with van der Waals surface area (Å²) < 4.78 is 5.11. The summed E-state index contributed by atoms with van der Waals surface area (Å²) in [6, 6.07) is -0.109. The topological polar surface area (TPSA) is 52.3 Å². The molecule has 1 aliphatic heterocycles. The fourth-order valence-electron chi connectivity index (χ4n) is 1.40. The van der Waals surface area contributed by atoms with E-state index in [1.54, 1.807) is 6.92 Å². The maximum Gasteiger partial charge on any atom is 0.140 e. The molecule has 0 aliphatic carbocycles. The summed E-state index contributed by atoms with van der Waals surface area (Å²) in [6.45, 7) is 2.77. The van der Waals surface area contributed by atoms with Crippen molar-refractivity contribution in [2.45, 2.75) is 25.8 Å². The van der Waals surface area contributed by atoms with E-state index in [0.29, 0.717) is 26.1 Å². The Bertz CT molecular complexity index is 239. The first-order chi connectivity index (χ1) is 6.25. The van der Waals surface area contributed by atoms with Crippen molar-refractivity contribution in [1.29, 1.82) is 0 Å². The number of hydrogen-bond acceptors (Lipinski definition) is 3. The molecule has 1 saturated heterocycles. The van der Waals surface area contributed by atoms with Gasteiger partial charge in [-0.3, -0.25) is 4.79 Å². The first-order valence-electron chi connectivity index (χ1n) is 4.51. The average Bonchev–Trinajstić information content (AvgIpc) is 2.52. The first kappa shape index (κ1) is 10.2. The summed E-state index contributed by atoms with van der Waals surface area (Å²) in [5.41, 5.74) is 5.70. The number of nitrogens with two attached hydrogens (primary N) is 1. The van der Waals surface area contributed by atoms with Crippen LogP contribution in [0.2, 0.25) is 0 Å². The zero-order valence-electron chi connectivity index (χ0n) is 7.88. The van der Waals surface area contributed by atoms with Crippen LogP contribution in [0, 0.1) is 17.8 Å². The number of Topliss-reactive ketones (excluding diaryl/α,β-unsaturated/α-hetero) is 1. The molecule has 0 saturated carbocycles. The SMILES string of the molecule is CC#CCCC(=O)C1COCC1N. The Balaban J connectivity index is 2.33. The lowest BCUT2D eigenvalue weighted by Gasteiger charge is -2.09. The van der Waals surface area contributed by atoms with Crippen molar-refractivity contribution in [2.75, 3.05) is 13.2 Å². The summed E-state index contributed by atoms with van der Waals surface area (Å²) in [7, 11) is 0. The average molecular weight is 181 g/mol. The maximum atomic E-state index is 11.5. The van der Waals surface area contributed by atoms with E-state index >= 15 is 0 Å². The molecule has 1 heterocycles. The highest BCUT2D eigenvalue weighted by Crippen LogP contribution is 2.14. The standard InChI is InChI=1S/C10H15NO2/c1-2-3-4-5-10(12)8-6-13-7-9(8)11/h8-9H,4-7,11H2,1H3. The van der Waals surface area contributed by atoms with Crippen molar-refractivity contribution in [3.05, 3.63) is 0 Å². The molecule has 3 nitrogen and oxygen atoms in total. The van der Waals surface area contributed by atoms with Gasteiger partial charge in [-0.2, -0.15) is 0 Å². The molecular formula is C10H15NO2. The summed E-state index contributed by atoms with van der Waals surface area (Å²) in [4.78, 5) is 11.5. The van der Waals surface area contributed by atoms with E-state index in [-0.39, 0.29) is 17.7 Å². The van der Waals surface area contributed by atoms with E-state index in [2.05, 4.69) is 11.8 Å². The van der Waals surface area contributed by atoms with Gasteiger partial charge in [0.1, 0.15) is 5.78 Å². The number of ketones is 1. The molecule has 0 spiro atoms. The Kier molecular flexibility index (Phi) is 3.94.